The number of aromatic nitrogens is 1. The van der Waals surface area contributed by atoms with E-state index < -0.39 is 22.6 Å². The van der Waals surface area contributed by atoms with Crippen molar-refractivity contribution < 1.29 is 21.6 Å². The van der Waals surface area contributed by atoms with Crippen LogP contribution in [0.5, 0.6) is 0 Å². The van der Waals surface area contributed by atoms with Crippen LogP contribution in [0.3, 0.4) is 0 Å². The summed E-state index contributed by atoms with van der Waals surface area (Å²) in [5.74, 6) is 5.70. The Kier molecular flexibility index (Phi) is 7.04. The van der Waals surface area contributed by atoms with E-state index in [1.54, 1.807) is 30.3 Å². The van der Waals surface area contributed by atoms with Crippen molar-refractivity contribution in [1.82, 2.24) is 4.57 Å². The second-order valence-corrected chi connectivity index (χ2v) is 9.36. The lowest BCUT2D eigenvalue weighted by atomic mass is 10.2. The van der Waals surface area contributed by atoms with Gasteiger partial charge in [-0.05, 0) is 54.8 Å². The van der Waals surface area contributed by atoms with Crippen LogP contribution in [-0.4, -0.2) is 38.5 Å². The van der Waals surface area contributed by atoms with Gasteiger partial charge in [0.15, 0.2) is 9.84 Å². The number of anilines is 2. The molecule has 0 amide bonds. The standard InChI is InChI=1S/C23H24F3N3O2S/c1-3-13-28-21-7-4-8-22-20(21)15-18(29(22)16-23(24,25)26)6-5-14-27-17-9-11-19(12-10-17)32(2,30)31/h4,7-12,15,27-28H,3,13-14,16H2,1-2H3. The first kappa shape index (κ1) is 23.5. The van der Waals surface area contributed by atoms with Crippen LogP contribution in [0.4, 0.5) is 24.5 Å². The highest BCUT2D eigenvalue weighted by Gasteiger charge is 2.29. The van der Waals surface area contributed by atoms with Gasteiger partial charge in [-0.2, -0.15) is 13.2 Å². The van der Waals surface area contributed by atoms with Gasteiger partial charge in [-0.25, -0.2) is 8.42 Å². The number of halogens is 3. The van der Waals surface area contributed by atoms with Gasteiger partial charge in [0.1, 0.15) is 6.54 Å². The molecule has 3 aromatic rings. The van der Waals surface area contributed by atoms with Crippen LogP contribution < -0.4 is 10.6 Å². The number of fused-ring (bicyclic) bond motifs is 1. The normalized spacial score (nSPS) is 11.8. The second-order valence-electron chi connectivity index (χ2n) is 7.35. The molecule has 0 atom stereocenters. The zero-order valence-corrected chi connectivity index (χ0v) is 18.6. The Morgan fingerprint density at radius 2 is 1.78 bits per heavy atom. The molecule has 5 nitrogen and oxygen atoms in total. The van der Waals surface area contributed by atoms with Crippen molar-refractivity contribution >= 4 is 32.1 Å². The van der Waals surface area contributed by atoms with Crippen molar-refractivity contribution in [2.45, 2.75) is 31.0 Å². The van der Waals surface area contributed by atoms with E-state index in [1.807, 2.05) is 13.0 Å². The number of nitrogens with zero attached hydrogens (tertiary/aromatic N) is 1. The third-order valence-corrected chi connectivity index (χ3v) is 5.86. The number of hydrogen-bond donors (Lipinski definition) is 2. The first-order valence-corrected chi connectivity index (χ1v) is 11.9. The van der Waals surface area contributed by atoms with E-state index in [-0.39, 0.29) is 17.1 Å². The lowest BCUT2D eigenvalue weighted by Crippen LogP contribution is -2.18. The minimum Gasteiger partial charge on any atom is -0.385 e. The van der Waals surface area contributed by atoms with Crippen molar-refractivity contribution in [1.29, 1.82) is 0 Å². The van der Waals surface area contributed by atoms with E-state index in [9.17, 15) is 21.6 Å². The molecule has 0 saturated carbocycles. The van der Waals surface area contributed by atoms with Crippen LogP contribution in [0.2, 0.25) is 0 Å². The minimum absolute atomic E-state index is 0.187. The summed E-state index contributed by atoms with van der Waals surface area (Å²) in [6.45, 7) is 1.79. The van der Waals surface area contributed by atoms with Gasteiger partial charge in [0.05, 0.1) is 22.7 Å². The summed E-state index contributed by atoms with van der Waals surface area (Å²) in [5.41, 5.74) is 2.18. The summed E-state index contributed by atoms with van der Waals surface area (Å²) < 4.78 is 63.9. The Bertz CT molecular complexity index is 1250. The third-order valence-electron chi connectivity index (χ3n) is 4.73. The van der Waals surface area contributed by atoms with Crippen molar-refractivity contribution in [3.63, 3.8) is 0 Å². The van der Waals surface area contributed by atoms with Crippen molar-refractivity contribution in [3.05, 3.63) is 54.2 Å². The van der Waals surface area contributed by atoms with Gasteiger partial charge in [0.25, 0.3) is 0 Å². The number of sulfone groups is 1. The average molecular weight is 464 g/mol. The van der Waals surface area contributed by atoms with E-state index in [4.69, 9.17) is 0 Å². The molecular weight excluding hydrogens is 439 g/mol. The summed E-state index contributed by atoms with van der Waals surface area (Å²) in [6.07, 6.45) is -2.36. The molecule has 170 valence electrons. The van der Waals surface area contributed by atoms with Crippen LogP contribution in [0, 0.1) is 11.8 Å². The van der Waals surface area contributed by atoms with Crippen LogP contribution in [0.25, 0.3) is 10.9 Å². The molecule has 0 saturated heterocycles. The molecule has 0 spiro atoms. The van der Waals surface area contributed by atoms with Crippen LogP contribution in [-0.2, 0) is 16.4 Å². The van der Waals surface area contributed by atoms with Gasteiger partial charge < -0.3 is 15.2 Å². The smallest absolute Gasteiger partial charge is 0.385 e. The van der Waals surface area contributed by atoms with E-state index in [2.05, 4.69) is 22.5 Å². The predicted molar refractivity (Wildman–Crippen MR) is 122 cm³/mol. The first-order valence-electron chi connectivity index (χ1n) is 10.0. The molecule has 0 aliphatic heterocycles. The highest BCUT2D eigenvalue weighted by Crippen LogP contribution is 2.30. The van der Waals surface area contributed by atoms with Gasteiger partial charge in [0.2, 0.25) is 0 Å². The fourth-order valence-corrected chi connectivity index (χ4v) is 3.88. The molecule has 9 heteroatoms. The molecule has 0 radical (unpaired) electrons. The van der Waals surface area contributed by atoms with Crippen LogP contribution in [0.1, 0.15) is 19.0 Å². The summed E-state index contributed by atoms with van der Waals surface area (Å²) in [5, 5.41) is 6.96. The zero-order chi connectivity index (χ0) is 23.4. The number of benzene rings is 2. The Morgan fingerprint density at radius 3 is 2.41 bits per heavy atom. The van der Waals surface area contributed by atoms with Gasteiger partial charge in [0, 0.05) is 29.6 Å². The van der Waals surface area contributed by atoms with Crippen LogP contribution in [0.15, 0.2) is 53.4 Å². The fraction of sp³-hybridized carbons (Fsp3) is 0.304. The largest absolute Gasteiger partial charge is 0.406 e. The van der Waals surface area contributed by atoms with E-state index in [1.165, 1.54) is 16.7 Å². The summed E-state index contributed by atoms with van der Waals surface area (Å²) >= 11 is 0. The Balaban J connectivity index is 1.84. The molecule has 0 fully saturated rings. The Labute approximate surface area is 185 Å². The Hall–Kier alpha value is -3.12. The lowest BCUT2D eigenvalue weighted by molar-refractivity contribution is -0.140. The minimum atomic E-state index is -4.38. The molecule has 0 aliphatic rings. The van der Waals surface area contributed by atoms with Crippen molar-refractivity contribution in [3.8, 4) is 11.8 Å². The molecule has 0 bridgehead atoms. The quantitative estimate of drug-likeness (QED) is 0.490. The summed E-state index contributed by atoms with van der Waals surface area (Å²) in [6, 6.07) is 13.1. The lowest BCUT2D eigenvalue weighted by Gasteiger charge is -2.12. The third kappa shape index (κ3) is 5.98. The number of nitrogens with one attached hydrogen (secondary N) is 2. The molecule has 1 heterocycles. The average Bonchev–Trinajstić information content (AvgIpc) is 3.06. The van der Waals surface area contributed by atoms with E-state index >= 15 is 0 Å². The maximum atomic E-state index is 13.2. The van der Waals surface area contributed by atoms with Gasteiger partial charge in [-0.15, -0.1) is 0 Å². The maximum Gasteiger partial charge on any atom is 0.406 e. The monoisotopic (exact) mass is 463 g/mol. The zero-order valence-electron chi connectivity index (χ0n) is 17.8. The van der Waals surface area contributed by atoms with Crippen LogP contribution >= 0.6 is 0 Å². The second kappa shape index (κ2) is 9.57. The molecule has 0 unspecified atom stereocenters. The van der Waals surface area contributed by atoms with Crippen molar-refractivity contribution in [2.24, 2.45) is 0 Å². The molecule has 1 aromatic heterocycles. The molecule has 3 rings (SSSR count). The van der Waals surface area contributed by atoms with E-state index in [0.29, 0.717) is 23.1 Å². The van der Waals surface area contributed by atoms with Gasteiger partial charge >= 0.3 is 6.18 Å². The van der Waals surface area contributed by atoms with Gasteiger partial charge in [-0.1, -0.05) is 18.9 Å². The van der Waals surface area contributed by atoms with E-state index in [0.717, 1.165) is 18.4 Å². The Morgan fingerprint density at radius 1 is 1.06 bits per heavy atom. The summed E-state index contributed by atoms with van der Waals surface area (Å²) in [7, 11) is -3.28. The molecule has 0 aliphatic carbocycles. The number of hydrogen-bond acceptors (Lipinski definition) is 4. The summed E-state index contributed by atoms with van der Waals surface area (Å²) in [4.78, 5) is 0.207. The molecular formula is C23H24F3N3O2S. The highest BCUT2D eigenvalue weighted by molar-refractivity contribution is 7.90. The molecule has 32 heavy (non-hydrogen) atoms. The maximum absolute atomic E-state index is 13.2. The molecule has 2 aromatic carbocycles. The molecule has 2 N–H and O–H groups in total. The van der Waals surface area contributed by atoms with Crippen molar-refractivity contribution in [2.75, 3.05) is 30.0 Å². The van der Waals surface area contributed by atoms with Gasteiger partial charge in [-0.3, -0.25) is 0 Å². The highest BCUT2D eigenvalue weighted by atomic mass is 32.2. The topological polar surface area (TPSA) is 63.1 Å². The predicted octanol–water partition coefficient (Wildman–Crippen LogP) is 4.89. The number of rotatable bonds is 7. The number of alkyl halides is 3. The fourth-order valence-electron chi connectivity index (χ4n) is 3.25. The first-order chi connectivity index (χ1) is 15.1. The SMILES string of the molecule is CCCNc1cccc2c1cc(C#CCNc1ccc(S(C)(=O)=O)cc1)n2CC(F)(F)F.